The maximum Gasteiger partial charge on any atom is 0.266 e. The third kappa shape index (κ3) is 4.07. The number of ether oxygens (including phenoxy) is 1. The molecule has 2 fully saturated rings. The SMILES string of the molecule is CC(C)c1ccc(N2CCOC(CO)(c3ccccc3N3CCN(C)CC3)C2=O)cc1. The molecule has 4 rings (SSSR count). The zero-order valence-corrected chi connectivity index (χ0v) is 18.8. The fraction of sp³-hybridized carbons (Fsp3) is 0.480. The van der Waals surface area contributed by atoms with Gasteiger partial charge in [0, 0.05) is 49.7 Å². The standard InChI is InChI=1S/C25H33N3O3/c1-19(2)20-8-10-21(11-9-20)28-16-17-31-25(18-29,24(28)30)22-6-4-5-7-23(22)27-14-12-26(3)13-15-27/h4-11,19,29H,12-18H2,1-3H3. The predicted molar refractivity (Wildman–Crippen MR) is 124 cm³/mol. The summed E-state index contributed by atoms with van der Waals surface area (Å²) < 4.78 is 6.10. The fourth-order valence-electron chi connectivity index (χ4n) is 4.51. The van der Waals surface area contributed by atoms with Crippen molar-refractivity contribution in [1.82, 2.24) is 4.90 Å². The van der Waals surface area contributed by atoms with Gasteiger partial charge in [-0.25, -0.2) is 0 Å². The number of piperazine rings is 1. The van der Waals surface area contributed by atoms with Crippen LogP contribution in [0, 0.1) is 0 Å². The molecule has 6 nitrogen and oxygen atoms in total. The van der Waals surface area contributed by atoms with Gasteiger partial charge in [0.25, 0.3) is 5.91 Å². The summed E-state index contributed by atoms with van der Waals surface area (Å²) in [5.74, 6) is 0.224. The van der Waals surface area contributed by atoms with Gasteiger partial charge >= 0.3 is 0 Å². The predicted octanol–water partition coefficient (Wildman–Crippen LogP) is 2.81. The number of morpholine rings is 1. The molecule has 2 heterocycles. The van der Waals surface area contributed by atoms with Gasteiger partial charge in [-0.1, -0.05) is 44.2 Å². The Bertz CT molecular complexity index is 906. The molecular weight excluding hydrogens is 390 g/mol. The van der Waals surface area contributed by atoms with Gasteiger partial charge in [0.05, 0.1) is 13.2 Å². The number of carbonyl (C=O) groups excluding carboxylic acids is 1. The van der Waals surface area contributed by atoms with Crippen molar-refractivity contribution in [2.45, 2.75) is 25.4 Å². The summed E-state index contributed by atoms with van der Waals surface area (Å²) in [6, 6.07) is 16.0. The Morgan fingerprint density at radius 1 is 1.00 bits per heavy atom. The molecule has 2 saturated heterocycles. The molecule has 0 aliphatic carbocycles. The molecule has 1 amide bonds. The van der Waals surface area contributed by atoms with Crippen molar-refractivity contribution in [3.05, 3.63) is 59.7 Å². The van der Waals surface area contributed by atoms with E-state index >= 15 is 0 Å². The van der Waals surface area contributed by atoms with Gasteiger partial charge in [-0.05, 0) is 36.7 Å². The molecule has 2 aromatic carbocycles. The summed E-state index contributed by atoms with van der Waals surface area (Å²) in [6.07, 6.45) is 0. The number of rotatable bonds is 5. The average Bonchev–Trinajstić information content (AvgIpc) is 2.80. The first-order valence-corrected chi connectivity index (χ1v) is 11.2. The van der Waals surface area contributed by atoms with Crippen molar-refractivity contribution in [3.8, 4) is 0 Å². The maximum absolute atomic E-state index is 13.8. The van der Waals surface area contributed by atoms with E-state index in [0.717, 1.165) is 43.1 Å². The molecule has 0 bridgehead atoms. The molecule has 0 aromatic heterocycles. The van der Waals surface area contributed by atoms with Crippen LogP contribution in [0.1, 0.15) is 30.9 Å². The van der Waals surface area contributed by atoms with Gasteiger partial charge in [0.1, 0.15) is 0 Å². The Hall–Kier alpha value is -2.41. The summed E-state index contributed by atoms with van der Waals surface area (Å²) in [4.78, 5) is 20.1. The minimum atomic E-state index is -1.39. The number of carbonyl (C=O) groups is 1. The van der Waals surface area contributed by atoms with Crippen LogP contribution >= 0.6 is 0 Å². The molecule has 0 radical (unpaired) electrons. The van der Waals surface area contributed by atoms with Crippen molar-refractivity contribution in [3.63, 3.8) is 0 Å². The highest BCUT2D eigenvalue weighted by Gasteiger charge is 2.48. The topological polar surface area (TPSA) is 56.3 Å². The third-order valence-corrected chi connectivity index (χ3v) is 6.53. The zero-order valence-electron chi connectivity index (χ0n) is 18.8. The fourth-order valence-corrected chi connectivity index (χ4v) is 4.51. The van der Waals surface area contributed by atoms with E-state index in [9.17, 15) is 9.90 Å². The number of anilines is 2. The van der Waals surface area contributed by atoms with Crippen molar-refractivity contribution in [2.75, 3.05) is 62.8 Å². The number of likely N-dealkylation sites (N-methyl/N-ethyl adjacent to an activating group) is 1. The van der Waals surface area contributed by atoms with Gasteiger partial charge < -0.3 is 24.5 Å². The van der Waals surface area contributed by atoms with E-state index in [1.807, 2.05) is 36.4 Å². The van der Waals surface area contributed by atoms with Gasteiger partial charge in [0.15, 0.2) is 5.60 Å². The summed E-state index contributed by atoms with van der Waals surface area (Å²) >= 11 is 0. The summed E-state index contributed by atoms with van der Waals surface area (Å²) in [5.41, 5.74) is 2.39. The van der Waals surface area contributed by atoms with E-state index in [-0.39, 0.29) is 5.91 Å². The minimum absolute atomic E-state index is 0.208. The van der Waals surface area contributed by atoms with E-state index < -0.39 is 12.2 Å². The minimum Gasteiger partial charge on any atom is -0.392 e. The molecule has 166 valence electrons. The second-order valence-electron chi connectivity index (χ2n) is 8.84. The second-order valence-corrected chi connectivity index (χ2v) is 8.84. The second kappa shape index (κ2) is 8.99. The van der Waals surface area contributed by atoms with Crippen LogP contribution in [-0.2, 0) is 15.1 Å². The Morgan fingerprint density at radius 3 is 2.32 bits per heavy atom. The van der Waals surface area contributed by atoms with Crippen LogP contribution in [0.4, 0.5) is 11.4 Å². The van der Waals surface area contributed by atoms with Gasteiger partial charge in [-0.3, -0.25) is 4.79 Å². The third-order valence-electron chi connectivity index (χ3n) is 6.53. The molecule has 2 aliphatic rings. The van der Waals surface area contributed by atoms with Crippen LogP contribution in [0.2, 0.25) is 0 Å². The summed E-state index contributed by atoms with van der Waals surface area (Å²) in [6.45, 7) is 8.44. The maximum atomic E-state index is 13.8. The lowest BCUT2D eigenvalue weighted by molar-refractivity contribution is -0.158. The number of hydrogen-bond donors (Lipinski definition) is 1. The summed E-state index contributed by atoms with van der Waals surface area (Å²) in [7, 11) is 2.12. The van der Waals surface area contributed by atoms with Crippen LogP contribution in [0.15, 0.2) is 48.5 Å². The van der Waals surface area contributed by atoms with Crippen LogP contribution in [-0.4, -0.2) is 68.9 Å². The Labute approximate surface area is 185 Å². The quantitative estimate of drug-likeness (QED) is 0.802. The first-order valence-electron chi connectivity index (χ1n) is 11.2. The summed E-state index contributed by atoms with van der Waals surface area (Å²) in [5, 5.41) is 10.5. The van der Waals surface area contributed by atoms with Crippen molar-refractivity contribution < 1.29 is 14.6 Å². The molecule has 1 N–H and O–H groups in total. The van der Waals surface area contributed by atoms with Crippen LogP contribution < -0.4 is 9.80 Å². The monoisotopic (exact) mass is 423 g/mol. The number of nitrogens with zero attached hydrogens (tertiary/aromatic N) is 3. The molecule has 0 saturated carbocycles. The Morgan fingerprint density at radius 2 is 1.68 bits per heavy atom. The zero-order chi connectivity index (χ0) is 22.0. The normalized spacial score (nSPS) is 22.9. The van der Waals surface area contributed by atoms with E-state index in [4.69, 9.17) is 4.74 Å². The van der Waals surface area contributed by atoms with Gasteiger partial charge in [0.2, 0.25) is 0 Å². The lowest BCUT2D eigenvalue weighted by Crippen LogP contribution is -2.57. The van der Waals surface area contributed by atoms with E-state index in [1.54, 1.807) is 4.90 Å². The number of aliphatic hydroxyl groups is 1. The smallest absolute Gasteiger partial charge is 0.266 e. The number of hydrogen-bond acceptors (Lipinski definition) is 5. The van der Waals surface area contributed by atoms with Crippen LogP contribution in [0.25, 0.3) is 0 Å². The van der Waals surface area contributed by atoms with Crippen LogP contribution in [0.5, 0.6) is 0 Å². The Kier molecular flexibility index (Phi) is 6.32. The molecule has 1 atom stereocenters. The first-order chi connectivity index (χ1) is 15.0. The highest BCUT2D eigenvalue weighted by Crippen LogP contribution is 2.39. The number of benzene rings is 2. The van der Waals surface area contributed by atoms with Gasteiger partial charge in [-0.2, -0.15) is 0 Å². The van der Waals surface area contributed by atoms with Gasteiger partial charge in [-0.15, -0.1) is 0 Å². The molecule has 1 unspecified atom stereocenters. The van der Waals surface area contributed by atoms with E-state index in [1.165, 1.54) is 5.56 Å². The highest BCUT2D eigenvalue weighted by molar-refractivity contribution is 6.02. The number of para-hydroxylation sites is 1. The lowest BCUT2D eigenvalue weighted by Gasteiger charge is -2.43. The van der Waals surface area contributed by atoms with Crippen LogP contribution in [0.3, 0.4) is 0 Å². The highest BCUT2D eigenvalue weighted by atomic mass is 16.5. The van der Waals surface area contributed by atoms with Crippen molar-refractivity contribution in [1.29, 1.82) is 0 Å². The van der Waals surface area contributed by atoms with E-state index in [2.05, 4.69) is 42.8 Å². The lowest BCUT2D eigenvalue weighted by atomic mass is 9.89. The Balaban J connectivity index is 1.69. The van der Waals surface area contributed by atoms with Crippen molar-refractivity contribution >= 4 is 17.3 Å². The molecule has 31 heavy (non-hydrogen) atoms. The average molecular weight is 424 g/mol. The molecule has 6 heteroatoms. The largest absolute Gasteiger partial charge is 0.392 e. The molecule has 0 spiro atoms. The van der Waals surface area contributed by atoms with Crippen molar-refractivity contribution in [2.24, 2.45) is 0 Å². The van der Waals surface area contributed by atoms with E-state index in [0.29, 0.717) is 19.1 Å². The number of amides is 1. The molecule has 2 aliphatic heterocycles. The molecule has 2 aromatic rings. The number of aliphatic hydroxyl groups excluding tert-OH is 1. The first kappa shape index (κ1) is 21.8. The molecular formula is C25H33N3O3.